The van der Waals surface area contributed by atoms with Gasteiger partial charge in [-0.1, -0.05) is 42.8 Å². The summed E-state index contributed by atoms with van der Waals surface area (Å²) in [6.45, 7) is 3.59. The predicted molar refractivity (Wildman–Crippen MR) is 125 cm³/mol. The summed E-state index contributed by atoms with van der Waals surface area (Å²) in [6.07, 6.45) is 10.6. The van der Waals surface area contributed by atoms with Crippen molar-refractivity contribution < 1.29 is 8.76 Å². The summed E-state index contributed by atoms with van der Waals surface area (Å²) >= 11 is -2.27. The van der Waals surface area contributed by atoms with Gasteiger partial charge in [0.1, 0.15) is 0 Å². The zero-order valence-electron chi connectivity index (χ0n) is 17.8. The lowest BCUT2D eigenvalue weighted by Crippen LogP contribution is -2.31. The largest absolute Gasteiger partial charge is 0.768 e. The monoisotopic (exact) mass is 445 g/mol. The Labute approximate surface area is 190 Å². The van der Waals surface area contributed by atoms with Crippen molar-refractivity contribution in [1.29, 1.82) is 0 Å². The molecule has 0 radical (unpaired) electrons. The maximum absolute atomic E-state index is 11.3. The first kappa shape index (κ1) is 21.0. The summed E-state index contributed by atoms with van der Waals surface area (Å²) in [5, 5.41) is 4.45. The zero-order chi connectivity index (χ0) is 21.9. The molecule has 0 spiro atoms. The number of benzene rings is 2. The Morgan fingerprint density at radius 1 is 0.938 bits per heavy atom. The molecule has 1 unspecified atom stereocenters. The highest BCUT2D eigenvalue weighted by Gasteiger charge is 2.11. The molecule has 0 bridgehead atoms. The molecule has 2 aromatic heterocycles. The molecule has 1 atom stereocenters. The van der Waals surface area contributed by atoms with Crippen LogP contribution in [0.4, 0.5) is 0 Å². The van der Waals surface area contributed by atoms with Crippen LogP contribution in [-0.4, -0.2) is 47.9 Å². The molecule has 0 amide bonds. The Morgan fingerprint density at radius 2 is 1.75 bits per heavy atom. The fourth-order valence-corrected chi connectivity index (χ4v) is 4.74. The summed E-state index contributed by atoms with van der Waals surface area (Å²) < 4.78 is 24.3. The first-order valence-electron chi connectivity index (χ1n) is 11.0. The molecule has 32 heavy (non-hydrogen) atoms. The van der Waals surface area contributed by atoms with Gasteiger partial charge in [0.2, 0.25) is 0 Å². The number of hydrogen-bond donors (Lipinski definition) is 0. The first-order valence-corrected chi connectivity index (χ1v) is 12.1. The molecular weight excluding hydrogens is 420 g/mol. The van der Waals surface area contributed by atoms with E-state index >= 15 is 0 Å². The lowest BCUT2D eigenvalue weighted by atomic mass is 10.0. The van der Waals surface area contributed by atoms with Gasteiger partial charge < -0.3 is 9.45 Å². The predicted octanol–water partition coefficient (Wildman–Crippen LogP) is 4.33. The number of nitrogens with zero attached hydrogens (tertiary/aromatic N) is 4. The van der Waals surface area contributed by atoms with Crippen LogP contribution in [0.3, 0.4) is 0 Å². The highest BCUT2D eigenvalue weighted by atomic mass is 32.2. The van der Waals surface area contributed by atoms with Crippen molar-refractivity contribution in [3.63, 3.8) is 0 Å². The molecule has 0 saturated carbocycles. The Kier molecular flexibility index (Phi) is 6.12. The Bertz CT molecular complexity index is 1250. The Morgan fingerprint density at radius 3 is 2.53 bits per heavy atom. The second-order valence-corrected chi connectivity index (χ2v) is 9.22. The van der Waals surface area contributed by atoms with Crippen molar-refractivity contribution in [3.8, 4) is 22.3 Å². The minimum absolute atomic E-state index is 0.249. The van der Waals surface area contributed by atoms with Crippen molar-refractivity contribution in [2.24, 2.45) is 0 Å². The van der Waals surface area contributed by atoms with Gasteiger partial charge in [-0.2, -0.15) is 5.10 Å². The van der Waals surface area contributed by atoms with Gasteiger partial charge in [-0.05, 0) is 72.3 Å². The van der Waals surface area contributed by atoms with Gasteiger partial charge in [-0.25, -0.2) is 9.50 Å². The average Bonchev–Trinajstić information content (AvgIpc) is 3.27. The molecule has 1 aliphatic heterocycles. The van der Waals surface area contributed by atoms with E-state index in [0.29, 0.717) is 5.65 Å². The van der Waals surface area contributed by atoms with Crippen LogP contribution >= 0.6 is 0 Å². The first-order chi connectivity index (χ1) is 15.7. The average molecular weight is 446 g/mol. The van der Waals surface area contributed by atoms with Crippen molar-refractivity contribution in [2.45, 2.75) is 30.6 Å². The van der Waals surface area contributed by atoms with Gasteiger partial charge in [0.15, 0.2) is 5.65 Å². The standard InChI is InChI=1S/C25H26N4O2S/c30-32(31)23-6-4-5-21(15-23)24-17-27-29-18-22(16-26-25(24)29)20-9-7-19(8-10-20)11-14-28-12-2-1-3-13-28/h4-10,15-18H,1-3,11-14H2,(H,30,31)/p-1. The molecule has 164 valence electrons. The van der Waals surface area contributed by atoms with Crippen molar-refractivity contribution in [3.05, 3.63) is 72.7 Å². The molecule has 0 aliphatic carbocycles. The van der Waals surface area contributed by atoms with Crippen LogP contribution < -0.4 is 0 Å². The van der Waals surface area contributed by atoms with Crippen LogP contribution in [0.2, 0.25) is 0 Å². The summed E-state index contributed by atoms with van der Waals surface area (Å²) in [7, 11) is 0. The minimum atomic E-state index is -2.27. The summed E-state index contributed by atoms with van der Waals surface area (Å²) in [4.78, 5) is 7.44. The quantitative estimate of drug-likeness (QED) is 0.413. The molecule has 7 heteroatoms. The zero-order valence-corrected chi connectivity index (χ0v) is 18.6. The molecule has 0 N–H and O–H groups in total. The van der Waals surface area contributed by atoms with Gasteiger partial charge in [-0.3, -0.25) is 4.21 Å². The highest BCUT2D eigenvalue weighted by Crippen LogP contribution is 2.27. The number of likely N-dealkylation sites (tertiary alicyclic amines) is 1. The molecule has 4 aromatic rings. The Hall–Kier alpha value is -2.87. The smallest absolute Gasteiger partial charge is 0.162 e. The van der Waals surface area contributed by atoms with Crippen molar-refractivity contribution in [2.75, 3.05) is 19.6 Å². The van der Waals surface area contributed by atoms with E-state index in [1.165, 1.54) is 37.9 Å². The molecular formula is C25H25N4O2S-. The SMILES string of the molecule is O=S([O-])c1cccc(-c2cnn3cc(-c4ccc(CCN5CCCCC5)cc4)cnc23)c1. The van der Waals surface area contributed by atoms with Crippen LogP contribution in [0, 0.1) is 0 Å². The van der Waals surface area contributed by atoms with Crippen LogP contribution in [0.15, 0.2) is 72.0 Å². The topological polar surface area (TPSA) is 73.6 Å². The van der Waals surface area contributed by atoms with E-state index in [4.69, 9.17) is 0 Å². The fraction of sp³-hybridized carbons (Fsp3) is 0.280. The number of piperidine rings is 1. The van der Waals surface area contributed by atoms with Crippen LogP contribution in [0.25, 0.3) is 27.9 Å². The van der Waals surface area contributed by atoms with E-state index in [1.807, 2.05) is 18.5 Å². The van der Waals surface area contributed by atoms with Gasteiger partial charge in [0, 0.05) is 35.0 Å². The van der Waals surface area contributed by atoms with Gasteiger partial charge >= 0.3 is 0 Å². The number of fused-ring (bicyclic) bond motifs is 1. The van der Waals surface area contributed by atoms with Crippen molar-refractivity contribution >= 4 is 16.7 Å². The maximum Gasteiger partial charge on any atom is 0.162 e. The maximum atomic E-state index is 11.3. The number of aromatic nitrogens is 3. The summed E-state index contributed by atoms with van der Waals surface area (Å²) in [5.41, 5.74) is 5.72. The van der Waals surface area contributed by atoms with E-state index < -0.39 is 11.1 Å². The van der Waals surface area contributed by atoms with Gasteiger partial charge in [-0.15, -0.1) is 0 Å². The molecule has 6 nitrogen and oxygen atoms in total. The normalized spacial score (nSPS) is 15.8. The number of rotatable bonds is 6. The summed E-state index contributed by atoms with van der Waals surface area (Å²) in [5.74, 6) is 0. The van der Waals surface area contributed by atoms with E-state index in [9.17, 15) is 8.76 Å². The van der Waals surface area contributed by atoms with Crippen LogP contribution in [-0.2, 0) is 17.5 Å². The van der Waals surface area contributed by atoms with E-state index in [-0.39, 0.29) is 4.90 Å². The second kappa shape index (κ2) is 9.32. The Balaban J connectivity index is 1.34. The fourth-order valence-electron chi connectivity index (χ4n) is 4.33. The molecule has 2 aromatic carbocycles. The molecule has 1 fully saturated rings. The van der Waals surface area contributed by atoms with Crippen molar-refractivity contribution in [1.82, 2.24) is 19.5 Å². The number of hydrogen-bond acceptors (Lipinski definition) is 5. The third-order valence-electron chi connectivity index (χ3n) is 6.15. The lowest BCUT2D eigenvalue weighted by Gasteiger charge is -2.26. The van der Waals surface area contributed by atoms with Crippen LogP contribution in [0.5, 0.6) is 0 Å². The lowest BCUT2D eigenvalue weighted by molar-refractivity contribution is 0.231. The molecule has 5 rings (SSSR count). The van der Waals surface area contributed by atoms with E-state index in [1.54, 1.807) is 28.9 Å². The van der Waals surface area contributed by atoms with Crippen LogP contribution in [0.1, 0.15) is 24.8 Å². The van der Waals surface area contributed by atoms with Gasteiger partial charge in [0.25, 0.3) is 0 Å². The minimum Gasteiger partial charge on any atom is -0.768 e. The highest BCUT2D eigenvalue weighted by molar-refractivity contribution is 7.79. The third kappa shape index (κ3) is 4.50. The van der Waals surface area contributed by atoms with Gasteiger partial charge in [0.05, 0.1) is 6.20 Å². The molecule has 1 saturated heterocycles. The summed E-state index contributed by atoms with van der Waals surface area (Å²) in [6, 6.07) is 15.5. The molecule has 1 aliphatic rings. The van der Waals surface area contributed by atoms with E-state index in [2.05, 4.69) is 39.2 Å². The molecule has 3 heterocycles. The third-order valence-corrected chi connectivity index (χ3v) is 6.79. The second-order valence-electron chi connectivity index (χ2n) is 8.28. The van der Waals surface area contributed by atoms with E-state index in [0.717, 1.165) is 35.2 Å².